The third-order valence-corrected chi connectivity index (χ3v) is 0.445. The van der Waals surface area contributed by atoms with E-state index in [4.69, 9.17) is 0 Å². The van der Waals surface area contributed by atoms with E-state index in [-0.39, 0.29) is 0 Å². The maximum atomic E-state index is 3.70. The van der Waals surface area contributed by atoms with Crippen LogP contribution in [0.2, 0.25) is 6.82 Å². The molecule has 0 spiro atoms. The second-order valence-corrected chi connectivity index (χ2v) is 1.02. The van der Waals surface area contributed by atoms with Gasteiger partial charge in [0.1, 0.15) is 0 Å². The first-order valence-corrected chi connectivity index (χ1v) is 2.26. The molecule has 0 aromatic heterocycles. The maximum absolute atomic E-state index is 3.70. The van der Waals surface area contributed by atoms with Crippen LogP contribution in [0.25, 0.3) is 0 Å². The van der Waals surface area contributed by atoms with Gasteiger partial charge < -0.3 is 0 Å². The minimum atomic E-state index is 1.69. The van der Waals surface area contributed by atoms with E-state index < -0.39 is 0 Å². The zero-order chi connectivity index (χ0) is 5.54. The number of hydrogen-bond donors (Lipinski definition) is 1. The summed E-state index contributed by atoms with van der Waals surface area (Å²) in [5.74, 6) is 0. The molecule has 0 radical (unpaired) electrons. The van der Waals surface area contributed by atoms with Gasteiger partial charge in [0.15, 0.2) is 0 Å². The molecule has 3 heteroatoms. The van der Waals surface area contributed by atoms with Crippen molar-refractivity contribution in [3.63, 3.8) is 0 Å². The molecule has 0 atom stereocenters. The Balaban J connectivity index is 2.98. The number of hydrazone groups is 1. The van der Waals surface area contributed by atoms with Crippen molar-refractivity contribution in [2.75, 3.05) is 0 Å². The van der Waals surface area contributed by atoms with Crippen molar-refractivity contribution >= 4 is 19.2 Å². The summed E-state index contributed by atoms with van der Waals surface area (Å²) >= 11 is 0. The van der Waals surface area contributed by atoms with Gasteiger partial charge in [-0.1, -0.05) is 0 Å². The molecule has 0 fully saturated rings. The molecule has 38 valence electrons. The van der Waals surface area contributed by atoms with Crippen LogP contribution in [-0.4, -0.2) is 19.2 Å². The second-order valence-electron chi connectivity index (χ2n) is 1.02. The summed E-state index contributed by atoms with van der Waals surface area (Å²) in [6, 6.07) is 0. The monoisotopic (exact) mass is 96.1 g/mol. The van der Waals surface area contributed by atoms with Crippen LogP contribution in [0, 0.1) is 0 Å². The molecule has 0 saturated carbocycles. The van der Waals surface area contributed by atoms with E-state index in [1.807, 2.05) is 20.7 Å². The Morgan fingerprint density at radius 3 is 2.86 bits per heavy atom. The topological polar surface area (TPSA) is 24.4 Å². The zero-order valence-corrected chi connectivity index (χ0v) is 4.68. The van der Waals surface area contributed by atoms with Gasteiger partial charge in [-0.25, -0.2) is 0 Å². The number of nitrogens with one attached hydrogen (secondary N) is 1. The average molecular weight is 95.9 g/mol. The van der Waals surface area contributed by atoms with Gasteiger partial charge in [-0.3, -0.25) is 0 Å². The van der Waals surface area contributed by atoms with E-state index in [2.05, 4.69) is 10.5 Å². The quantitative estimate of drug-likeness (QED) is 0.294. The molecule has 0 aromatic rings. The predicted molar refractivity (Wildman–Crippen MR) is 35.0 cm³/mol. The van der Waals surface area contributed by atoms with E-state index >= 15 is 0 Å². The minimum absolute atomic E-state index is 1.69. The normalized spacial score (nSPS) is 10.0. The fourth-order valence-corrected chi connectivity index (χ4v) is 0.192. The van der Waals surface area contributed by atoms with Gasteiger partial charge in [-0.05, 0) is 0 Å². The molecule has 0 unspecified atom stereocenters. The molecule has 0 aliphatic carbocycles. The molecule has 0 bridgehead atoms. The molecule has 0 heterocycles. The third-order valence-electron chi connectivity index (χ3n) is 0.445. The molecule has 0 rings (SSSR count). The summed E-state index contributed by atoms with van der Waals surface area (Å²) in [7, 11) is 0. The molecule has 0 aromatic carbocycles. The Labute approximate surface area is 44.5 Å². The van der Waals surface area contributed by atoms with Crippen LogP contribution >= 0.6 is 0 Å². The number of nitrogens with zero attached hydrogens (tertiary/aromatic N) is 1. The number of hydrogen-bond acceptors (Lipinski definition) is 2. The molecule has 2 nitrogen and oxygen atoms in total. The van der Waals surface area contributed by atoms with Gasteiger partial charge in [0.2, 0.25) is 0 Å². The zero-order valence-electron chi connectivity index (χ0n) is 4.68. The van der Waals surface area contributed by atoms with Crippen LogP contribution < -0.4 is 5.43 Å². The summed E-state index contributed by atoms with van der Waals surface area (Å²) in [5, 5.41) is 3.70. The van der Waals surface area contributed by atoms with E-state index in [1.54, 1.807) is 12.3 Å². The standard InChI is InChI=1S/C4H9BN2/c1-3-6-7-4-5-2/h3-4,7H,1-2H3/b6-3-. The Kier molecular flexibility index (Phi) is 4.95. The van der Waals surface area contributed by atoms with Gasteiger partial charge in [-0.2, -0.15) is 0 Å². The van der Waals surface area contributed by atoms with Crippen LogP contribution in [-0.2, 0) is 0 Å². The fourth-order valence-electron chi connectivity index (χ4n) is 0.192. The molecule has 1 N–H and O–H groups in total. The van der Waals surface area contributed by atoms with Crippen molar-refractivity contribution in [1.29, 1.82) is 0 Å². The third kappa shape index (κ3) is 5.40. The molecular weight excluding hydrogens is 86.9 g/mol. The fraction of sp³-hybridized carbons (Fsp3) is 0.500. The van der Waals surface area contributed by atoms with Crippen molar-refractivity contribution in [3.8, 4) is 0 Å². The van der Waals surface area contributed by atoms with E-state index in [0.29, 0.717) is 0 Å². The number of rotatable bonds is 2. The van der Waals surface area contributed by atoms with Crippen LogP contribution in [0.5, 0.6) is 0 Å². The van der Waals surface area contributed by atoms with Crippen molar-refractivity contribution in [1.82, 2.24) is 5.43 Å². The van der Waals surface area contributed by atoms with E-state index in [0.717, 1.165) is 0 Å². The summed E-state index contributed by atoms with van der Waals surface area (Å²) in [6.07, 6.45) is 3.46. The second kappa shape index (κ2) is 5.40. The van der Waals surface area contributed by atoms with E-state index in [9.17, 15) is 0 Å². The van der Waals surface area contributed by atoms with Gasteiger partial charge in [0.25, 0.3) is 0 Å². The summed E-state index contributed by atoms with van der Waals surface area (Å²) < 4.78 is 0. The SMILES string of the molecule is C/B=C\N/N=C\C. The first-order valence-electron chi connectivity index (χ1n) is 2.26. The van der Waals surface area contributed by atoms with E-state index in [1.165, 1.54) is 0 Å². The van der Waals surface area contributed by atoms with Gasteiger partial charge in [0.05, 0.1) is 0 Å². The first kappa shape index (κ1) is 6.40. The Bertz CT molecular complexity index is 67.8. The molecule has 0 aliphatic rings. The van der Waals surface area contributed by atoms with Crippen molar-refractivity contribution in [3.05, 3.63) is 0 Å². The van der Waals surface area contributed by atoms with Gasteiger partial charge in [0, 0.05) is 0 Å². The molecule has 0 aliphatic heterocycles. The van der Waals surface area contributed by atoms with Crippen LogP contribution in [0.15, 0.2) is 5.10 Å². The predicted octanol–water partition coefficient (Wildman–Crippen LogP) is 0.0937. The Morgan fingerprint density at radius 2 is 2.43 bits per heavy atom. The summed E-state index contributed by atoms with van der Waals surface area (Å²) in [6.45, 7) is 5.67. The van der Waals surface area contributed by atoms with Crippen LogP contribution in [0.3, 0.4) is 0 Å². The summed E-state index contributed by atoms with van der Waals surface area (Å²) in [5.41, 5.74) is 2.67. The molecular formula is C4H9BN2. The first-order chi connectivity index (χ1) is 3.41. The molecule has 0 saturated heterocycles. The Morgan fingerprint density at radius 1 is 1.71 bits per heavy atom. The van der Waals surface area contributed by atoms with Crippen molar-refractivity contribution in [2.24, 2.45) is 5.10 Å². The van der Waals surface area contributed by atoms with Crippen LogP contribution in [0.1, 0.15) is 6.92 Å². The Hall–Kier alpha value is -0.595. The molecule has 0 amide bonds. The van der Waals surface area contributed by atoms with Crippen molar-refractivity contribution in [2.45, 2.75) is 13.7 Å². The van der Waals surface area contributed by atoms with Gasteiger partial charge >= 0.3 is 43.5 Å². The average Bonchev–Trinajstić information content (AvgIpc) is 1.69. The van der Waals surface area contributed by atoms with Crippen LogP contribution in [0.4, 0.5) is 0 Å². The van der Waals surface area contributed by atoms with Crippen molar-refractivity contribution < 1.29 is 0 Å². The summed E-state index contributed by atoms with van der Waals surface area (Å²) in [4.78, 5) is 0. The molecule has 7 heavy (non-hydrogen) atoms. The van der Waals surface area contributed by atoms with Gasteiger partial charge in [-0.15, -0.1) is 0 Å².